The van der Waals surface area contributed by atoms with Crippen LogP contribution >= 0.6 is 0 Å². The predicted molar refractivity (Wildman–Crippen MR) is 126 cm³/mol. The first-order chi connectivity index (χ1) is 13.7. The van der Waals surface area contributed by atoms with Crippen molar-refractivity contribution in [3.8, 4) is 11.5 Å². The molecule has 162 valence electrons. The summed E-state index contributed by atoms with van der Waals surface area (Å²) in [5.41, 5.74) is 0. The normalized spacial score (nSPS) is 14.4. The van der Waals surface area contributed by atoms with Crippen LogP contribution in [-0.2, 0) is 0 Å². The molecule has 1 saturated heterocycles. The fourth-order valence-electron chi connectivity index (χ4n) is 2.80. The van der Waals surface area contributed by atoms with Gasteiger partial charge in [-0.1, -0.05) is 70.5 Å². The van der Waals surface area contributed by atoms with Gasteiger partial charge in [-0.05, 0) is 43.5 Å². The molecule has 4 nitrogen and oxygen atoms in total. The highest BCUT2D eigenvalue weighted by atomic mass is 16.3. The van der Waals surface area contributed by atoms with Gasteiger partial charge in [0, 0.05) is 26.1 Å². The highest BCUT2D eigenvalue weighted by Crippen LogP contribution is 2.15. The van der Waals surface area contributed by atoms with Crippen molar-refractivity contribution in [2.24, 2.45) is 4.99 Å². The lowest BCUT2D eigenvalue weighted by molar-refractivity contribution is 0.391. The van der Waals surface area contributed by atoms with Crippen LogP contribution in [0.5, 0.6) is 11.5 Å². The minimum atomic E-state index is 0. The fourth-order valence-corrected chi connectivity index (χ4v) is 2.80. The number of benzene rings is 2. The number of fused-ring (bicyclic) bond motifs is 1. The fraction of sp³-hybridized carbons (Fsp3) is 0.480. The predicted octanol–water partition coefficient (Wildman–Crippen LogP) is 6.50. The first-order valence-electron chi connectivity index (χ1n) is 10.4. The Bertz CT molecular complexity index is 592. The van der Waals surface area contributed by atoms with E-state index in [1.54, 1.807) is 48.5 Å². The van der Waals surface area contributed by atoms with E-state index in [9.17, 15) is 0 Å². The molecule has 2 heterocycles. The molecule has 0 amide bonds. The first kappa shape index (κ1) is 26.5. The minimum absolute atomic E-state index is 0. The number of rotatable bonds is 0. The summed E-state index contributed by atoms with van der Waals surface area (Å²) in [6, 6.07) is 17.4. The van der Waals surface area contributed by atoms with Gasteiger partial charge in [-0.3, -0.25) is 4.99 Å². The molecule has 0 spiro atoms. The van der Waals surface area contributed by atoms with E-state index in [4.69, 9.17) is 10.2 Å². The Kier molecular flexibility index (Phi) is 16.1. The molecule has 4 heteroatoms. The summed E-state index contributed by atoms with van der Waals surface area (Å²) in [5, 5.41) is 17.3. The zero-order valence-electron chi connectivity index (χ0n) is 17.4. The van der Waals surface area contributed by atoms with Crippen molar-refractivity contribution in [2.45, 2.75) is 59.8 Å². The third kappa shape index (κ3) is 13.3. The average molecular weight is 401 g/mol. The Hall–Kier alpha value is -2.49. The van der Waals surface area contributed by atoms with Crippen molar-refractivity contribution < 1.29 is 10.2 Å². The summed E-state index contributed by atoms with van der Waals surface area (Å²) in [7, 11) is 0. The molecule has 4 rings (SSSR count). The van der Waals surface area contributed by atoms with E-state index >= 15 is 0 Å². The average Bonchev–Trinajstić information content (AvgIpc) is 2.96. The molecular weight excluding hydrogens is 360 g/mol. The van der Waals surface area contributed by atoms with Crippen LogP contribution < -0.4 is 0 Å². The van der Waals surface area contributed by atoms with Gasteiger partial charge >= 0.3 is 0 Å². The SMILES string of the molecule is C.C1CCC2=NCCCN2CC1.CCC.Oc1ccccc1.Oc1ccccc1. The highest BCUT2D eigenvalue weighted by Gasteiger charge is 2.16. The number of hydrogen-bond donors (Lipinski definition) is 2. The van der Waals surface area contributed by atoms with Crippen molar-refractivity contribution >= 4 is 5.84 Å². The second-order valence-electron chi connectivity index (χ2n) is 6.83. The third-order valence-corrected chi connectivity index (χ3v) is 4.09. The van der Waals surface area contributed by atoms with Crippen LogP contribution in [0.4, 0.5) is 0 Å². The molecular formula is C25H40N2O2. The third-order valence-electron chi connectivity index (χ3n) is 4.09. The first-order valence-corrected chi connectivity index (χ1v) is 10.4. The van der Waals surface area contributed by atoms with Gasteiger partial charge in [-0.15, -0.1) is 0 Å². The van der Waals surface area contributed by atoms with Crippen LogP contribution in [0, 0.1) is 0 Å². The summed E-state index contributed by atoms with van der Waals surface area (Å²) in [6.07, 6.45) is 7.88. The molecule has 0 unspecified atom stereocenters. The van der Waals surface area contributed by atoms with Gasteiger partial charge in [0.25, 0.3) is 0 Å². The van der Waals surface area contributed by atoms with Crippen LogP contribution in [0.25, 0.3) is 0 Å². The van der Waals surface area contributed by atoms with E-state index in [0.29, 0.717) is 11.5 Å². The molecule has 0 aliphatic carbocycles. The van der Waals surface area contributed by atoms with E-state index < -0.39 is 0 Å². The number of aliphatic imine (C=N–C) groups is 1. The zero-order valence-corrected chi connectivity index (χ0v) is 17.4. The maximum absolute atomic E-state index is 8.63. The lowest BCUT2D eigenvalue weighted by Gasteiger charge is -2.27. The number of aromatic hydroxyl groups is 2. The van der Waals surface area contributed by atoms with Crippen LogP contribution in [-0.4, -0.2) is 40.6 Å². The molecule has 2 N–H and O–H groups in total. The summed E-state index contributed by atoms with van der Waals surface area (Å²) in [5.74, 6) is 2.04. The summed E-state index contributed by atoms with van der Waals surface area (Å²) in [6.45, 7) is 7.85. The van der Waals surface area contributed by atoms with Crippen molar-refractivity contribution in [3.63, 3.8) is 0 Å². The van der Waals surface area contributed by atoms with Crippen LogP contribution in [0.3, 0.4) is 0 Å². The minimum Gasteiger partial charge on any atom is -0.508 e. The Labute approximate surface area is 177 Å². The second-order valence-corrected chi connectivity index (χ2v) is 6.83. The summed E-state index contributed by atoms with van der Waals surface area (Å²) in [4.78, 5) is 7.04. The molecule has 29 heavy (non-hydrogen) atoms. The molecule has 0 bridgehead atoms. The van der Waals surface area contributed by atoms with Crippen molar-refractivity contribution in [3.05, 3.63) is 60.7 Å². The van der Waals surface area contributed by atoms with E-state index in [1.165, 1.54) is 57.5 Å². The van der Waals surface area contributed by atoms with Crippen molar-refractivity contribution in [2.75, 3.05) is 19.6 Å². The second kappa shape index (κ2) is 17.6. The van der Waals surface area contributed by atoms with Crippen LogP contribution in [0.2, 0.25) is 0 Å². The summed E-state index contributed by atoms with van der Waals surface area (Å²) >= 11 is 0. The zero-order chi connectivity index (χ0) is 20.5. The highest BCUT2D eigenvalue weighted by molar-refractivity contribution is 5.83. The maximum Gasteiger partial charge on any atom is 0.115 e. The molecule has 2 aromatic rings. The van der Waals surface area contributed by atoms with E-state index in [1.807, 2.05) is 12.1 Å². The van der Waals surface area contributed by atoms with Gasteiger partial charge in [0.15, 0.2) is 0 Å². The summed E-state index contributed by atoms with van der Waals surface area (Å²) < 4.78 is 0. The van der Waals surface area contributed by atoms with Gasteiger partial charge in [-0.25, -0.2) is 0 Å². The quantitative estimate of drug-likeness (QED) is 0.530. The number of phenols is 2. The number of hydrogen-bond acceptors (Lipinski definition) is 4. The lowest BCUT2D eigenvalue weighted by Crippen LogP contribution is -2.34. The van der Waals surface area contributed by atoms with Gasteiger partial charge < -0.3 is 15.1 Å². The Balaban J connectivity index is 0.000000386. The Morgan fingerprint density at radius 3 is 1.69 bits per heavy atom. The van der Waals surface area contributed by atoms with Crippen LogP contribution in [0.1, 0.15) is 59.8 Å². The molecule has 0 radical (unpaired) electrons. The topological polar surface area (TPSA) is 56.1 Å². The standard InChI is InChI=1S/C9H16N2.2C6H6O.C3H8.CH4/c1-2-5-9-10-6-4-8-11(9)7-3-1;2*7-6-4-2-1-3-5-6;1-3-2;/h1-8H2;2*1-5,7H;3H2,1-2H3;1H4. The lowest BCUT2D eigenvalue weighted by atomic mass is 10.2. The molecule has 0 saturated carbocycles. The van der Waals surface area contributed by atoms with Gasteiger partial charge in [-0.2, -0.15) is 0 Å². The largest absolute Gasteiger partial charge is 0.508 e. The van der Waals surface area contributed by atoms with Gasteiger partial charge in [0.05, 0.1) is 5.84 Å². The maximum atomic E-state index is 8.63. The van der Waals surface area contributed by atoms with Gasteiger partial charge in [0.2, 0.25) is 0 Å². The van der Waals surface area contributed by atoms with Crippen molar-refractivity contribution in [1.29, 1.82) is 0 Å². The smallest absolute Gasteiger partial charge is 0.115 e. The molecule has 2 aliphatic heterocycles. The van der Waals surface area contributed by atoms with Crippen LogP contribution in [0.15, 0.2) is 65.7 Å². The number of phenolic OH excluding ortho intramolecular Hbond substituents is 2. The van der Waals surface area contributed by atoms with Gasteiger partial charge in [0.1, 0.15) is 11.5 Å². The Morgan fingerprint density at radius 2 is 1.24 bits per heavy atom. The number of para-hydroxylation sites is 2. The molecule has 0 aromatic heterocycles. The molecule has 2 aromatic carbocycles. The van der Waals surface area contributed by atoms with E-state index in [0.717, 1.165) is 6.54 Å². The molecule has 1 fully saturated rings. The van der Waals surface area contributed by atoms with E-state index in [2.05, 4.69) is 23.7 Å². The van der Waals surface area contributed by atoms with Crippen molar-refractivity contribution in [1.82, 2.24) is 4.90 Å². The monoisotopic (exact) mass is 400 g/mol. The van der Waals surface area contributed by atoms with E-state index in [-0.39, 0.29) is 7.43 Å². The number of nitrogens with zero attached hydrogens (tertiary/aromatic N) is 2. The molecule has 2 aliphatic rings. The molecule has 0 atom stereocenters. The number of amidine groups is 1. The Morgan fingerprint density at radius 1 is 0.759 bits per heavy atom.